The summed E-state index contributed by atoms with van der Waals surface area (Å²) in [7, 11) is 0. The van der Waals surface area contributed by atoms with E-state index in [9.17, 15) is 13.6 Å². The summed E-state index contributed by atoms with van der Waals surface area (Å²) in [6.07, 6.45) is 8.65. The van der Waals surface area contributed by atoms with Crippen LogP contribution in [0.5, 0.6) is 0 Å². The van der Waals surface area contributed by atoms with Gasteiger partial charge in [0.25, 0.3) is 0 Å². The van der Waals surface area contributed by atoms with Crippen molar-refractivity contribution in [3.8, 4) is 0 Å². The van der Waals surface area contributed by atoms with Crippen LogP contribution in [0.1, 0.15) is 44.9 Å². The molecular formula is C17H19F2NO. The number of ketones is 1. The molecule has 21 heavy (non-hydrogen) atoms. The number of benzene rings is 1. The van der Waals surface area contributed by atoms with E-state index in [1.54, 1.807) is 6.21 Å². The van der Waals surface area contributed by atoms with Crippen molar-refractivity contribution in [3.63, 3.8) is 0 Å². The van der Waals surface area contributed by atoms with Gasteiger partial charge in [-0.1, -0.05) is 19.3 Å². The molecular weight excluding hydrogens is 272 g/mol. The third-order valence-corrected chi connectivity index (χ3v) is 4.84. The minimum atomic E-state index is -0.649. The van der Waals surface area contributed by atoms with Crippen LogP contribution in [0.2, 0.25) is 0 Å². The number of halogens is 2. The fourth-order valence-corrected chi connectivity index (χ4v) is 3.79. The number of carbonyl (C=O) groups excluding carboxylic acids is 1. The summed E-state index contributed by atoms with van der Waals surface area (Å²) < 4.78 is 26.3. The van der Waals surface area contributed by atoms with Gasteiger partial charge in [0.1, 0.15) is 17.4 Å². The first-order valence-corrected chi connectivity index (χ1v) is 7.64. The van der Waals surface area contributed by atoms with Gasteiger partial charge in [0, 0.05) is 17.7 Å². The van der Waals surface area contributed by atoms with Crippen LogP contribution < -0.4 is 0 Å². The molecule has 0 bridgehead atoms. The van der Waals surface area contributed by atoms with Crippen LogP contribution in [0.25, 0.3) is 0 Å². The molecule has 0 heterocycles. The van der Waals surface area contributed by atoms with Gasteiger partial charge in [-0.2, -0.15) is 0 Å². The molecule has 2 aliphatic carbocycles. The Morgan fingerprint density at radius 2 is 1.67 bits per heavy atom. The number of hydrogen-bond donors (Lipinski definition) is 0. The van der Waals surface area contributed by atoms with Crippen LogP contribution in [0.15, 0.2) is 23.2 Å². The quantitative estimate of drug-likeness (QED) is 0.732. The molecule has 1 unspecified atom stereocenters. The molecule has 1 aromatic rings. The van der Waals surface area contributed by atoms with Crippen molar-refractivity contribution in [2.45, 2.75) is 44.9 Å². The van der Waals surface area contributed by atoms with E-state index in [0.717, 1.165) is 51.0 Å². The lowest BCUT2D eigenvalue weighted by molar-refractivity contribution is -0.133. The molecule has 2 fully saturated rings. The number of hydrogen-bond acceptors (Lipinski definition) is 2. The van der Waals surface area contributed by atoms with Crippen molar-refractivity contribution in [2.24, 2.45) is 16.3 Å². The first-order valence-electron chi connectivity index (χ1n) is 7.64. The Hall–Kier alpha value is -1.58. The highest BCUT2D eigenvalue weighted by molar-refractivity contribution is 5.99. The Balaban J connectivity index is 1.77. The van der Waals surface area contributed by atoms with Gasteiger partial charge in [0.05, 0.1) is 11.6 Å². The maximum atomic E-state index is 13.1. The maximum absolute atomic E-state index is 13.1. The van der Waals surface area contributed by atoms with Crippen molar-refractivity contribution in [3.05, 3.63) is 29.8 Å². The Kier molecular flexibility index (Phi) is 3.87. The summed E-state index contributed by atoms with van der Waals surface area (Å²) in [6, 6.07) is 3.18. The SMILES string of the molecule is O=C1C(C=Nc2cc(F)cc(F)c2)CCCC12CCCC2. The molecule has 0 radical (unpaired) electrons. The molecule has 112 valence electrons. The van der Waals surface area contributed by atoms with Crippen LogP contribution >= 0.6 is 0 Å². The van der Waals surface area contributed by atoms with Crippen LogP contribution in [0, 0.1) is 23.0 Å². The number of nitrogens with zero attached hydrogens (tertiary/aromatic N) is 1. The van der Waals surface area contributed by atoms with Crippen LogP contribution in [0.3, 0.4) is 0 Å². The van der Waals surface area contributed by atoms with E-state index >= 15 is 0 Å². The number of Topliss-reactive ketones (excluding diaryl/α,β-unsaturated/α-hetero) is 1. The van der Waals surface area contributed by atoms with Gasteiger partial charge < -0.3 is 0 Å². The van der Waals surface area contributed by atoms with Gasteiger partial charge in [0.2, 0.25) is 0 Å². The van der Waals surface area contributed by atoms with E-state index in [4.69, 9.17) is 0 Å². The van der Waals surface area contributed by atoms with E-state index in [1.165, 1.54) is 12.1 Å². The topological polar surface area (TPSA) is 29.4 Å². The first-order chi connectivity index (χ1) is 10.1. The van der Waals surface area contributed by atoms with E-state index in [-0.39, 0.29) is 22.8 Å². The molecule has 1 atom stereocenters. The molecule has 1 spiro atoms. The highest BCUT2D eigenvalue weighted by atomic mass is 19.1. The zero-order chi connectivity index (χ0) is 14.9. The number of carbonyl (C=O) groups is 1. The lowest BCUT2D eigenvalue weighted by atomic mass is 9.68. The third kappa shape index (κ3) is 2.89. The van der Waals surface area contributed by atoms with Gasteiger partial charge in [-0.15, -0.1) is 0 Å². The standard InChI is InChI=1S/C17H19F2NO/c18-13-8-14(19)10-15(9-13)20-11-12-4-3-7-17(16(12)21)5-1-2-6-17/h8-12H,1-7H2. The molecule has 0 aromatic heterocycles. The predicted octanol–water partition coefficient (Wildman–Crippen LogP) is 4.60. The fraction of sp³-hybridized carbons (Fsp3) is 0.529. The van der Waals surface area contributed by atoms with Gasteiger partial charge in [-0.3, -0.25) is 9.79 Å². The largest absolute Gasteiger partial charge is 0.298 e. The number of rotatable bonds is 2. The van der Waals surface area contributed by atoms with Crippen molar-refractivity contribution in [1.29, 1.82) is 0 Å². The molecule has 2 nitrogen and oxygen atoms in total. The highest BCUT2D eigenvalue weighted by Gasteiger charge is 2.45. The smallest absolute Gasteiger partial charge is 0.147 e. The van der Waals surface area contributed by atoms with E-state index in [1.807, 2.05) is 0 Å². The predicted molar refractivity (Wildman–Crippen MR) is 77.8 cm³/mol. The van der Waals surface area contributed by atoms with Gasteiger partial charge in [-0.25, -0.2) is 8.78 Å². The second-order valence-electron chi connectivity index (χ2n) is 6.26. The Bertz CT molecular complexity index is 556. The second-order valence-corrected chi connectivity index (χ2v) is 6.26. The highest BCUT2D eigenvalue weighted by Crippen LogP contribution is 2.48. The second kappa shape index (κ2) is 5.66. The summed E-state index contributed by atoms with van der Waals surface area (Å²) in [4.78, 5) is 16.8. The van der Waals surface area contributed by atoms with E-state index in [2.05, 4.69) is 4.99 Å². The Morgan fingerprint density at radius 3 is 2.33 bits per heavy atom. The summed E-state index contributed by atoms with van der Waals surface area (Å²) in [6.45, 7) is 0. The van der Waals surface area contributed by atoms with Gasteiger partial charge in [0.15, 0.2) is 0 Å². The minimum absolute atomic E-state index is 0.137. The summed E-state index contributed by atoms with van der Waals surface area (Å²) in [5, 5.41) is 0. The van der Waals surface area contributed by atoms with Crippen molar-refractivity contribution in [2.75, 3.05) is 0 Å². The third-order valence-electron chi connectivity index (χ3n) is 4.84. The Morgan fingerprint density at radius 1 is 1.05 bits per heavy atom. The molecule has 0 N–H and O–H groups in total. The maximum Gasteiger partial charge on any atom is 0.147 e. The average Bonchev–Trinajstić information content (AvgIpc) is 2.89. The minimum Gasteiger partial charge on any atom is -0.298 e. The molecule has 2 saturated carbocycles. The first kappa shape index (κ1) is 14.4. The summed E-state index contributed by atoms with van der Waals surface area (Å²) >= 11 is 0. The van der Waals surface area contributed by atoms with Crippen LogP contribution in [-0.4, -0.2) is 12.0 Å². The normalized spacial score (nSPS) is 25.0. The van der Waals surface area contributed by atoms with E-state index < -0.39 is 11.6 Å². The lowest BCUT2D eigenvalue weighted by Crippen LogP contribution is -2.38. The van der Waals surface area contributed by atoms with Crippen molar-refractivity contribution in [1.82, 2.24) is 0 Å². The van der Waals surface area contributed by atoms with Crippen molar-refractivity contribution >= 4 is 17.7 Å². The van der Waals surface area contributed by atoms with Crippen LogP contribution in [-0.2, 0) is 4.79 Å². The van der Waals surface area contributed by atoms with Crippen LogP contribution in [0.4, 0.5) is 14.5 Å². The zero-order valence-corrected chi connectivity index (χ0v) is 11.9. The van der Waals surface area contributed by atoms with Gasteiger partial charge >= 0.3 is 0 Å². The molecule has 0 amide bonds. The van der Waals surface area contributed by atoms with E-state index in [0.29, 0.717) is 0 Å². The van der Waals surface area contributed by atoms with Gasteiger partial charge in [-0.05, 0) is 37.8 Å². The average molecular weight is 291 g/mol. The molecule has 0 saturated heterocycles. The lowest BCUT2D eigenvalue weighted by Gasteiger charge is -2.35. The Labute approximate surface area is 123 Å². The zero-order valence-electron chi connectivity index (χ0n) is 11.9. The van der Waals surface area contributed by atoms with Crippen molar-refractivity contribution < 1.29 is 13.6 Å². The molecule has 3 rings (SSSR count). The molecule has 2 aliphatic rings. The fourth-order valence-electron chi connectivity index (χ4n) is 3.79. The molecule has 0 aliphatic heterocycles. The molecule has 4 heteroatoms. The number of aliphatic imine (C=N–C) groups is 1. The molecule has 1 aromatic carbocycles. The monoisotopic (exact) mass is 291 g/mol. The summed E-state index contributed by atoms with van der Waals surface area (Å²) in [5.41, 5.74) is 0.0913. The summed E-state index contributed by atoms with van der Waals surface area (Å²) in [5.74, 6) is -1.22.